The highest BCUT2D eigenvalue weighted by molar-refractivity contribution is 5.92. The molecule has 0 saturated heterocycles. The Morgan fingerprint density at radius 1 is 1.35 bits per heavy atom. The predicted octanol–water partition coefficient (Wildman–Crippen LogP) is 0.614. The van der Waals surface area contributed by atoms with E-state index < -0.39 is 0 Å². The van der Waals surface area contributed by atoms with E-state index in [0.29, 0.717) is 24.6 Å². The zero-order valence-electron chi connectivity index (χ0n) is 11.6. The summed E-state index contributed by atoms with van der Waals surface area (Å²) in [7, 11) is 1.96. The Bertz CT molecular complexity index is 562. The summed E-state index contributed by atoms with van der Waals surface area (Å²) in [6.07, 6.45) is 4.48. The van der Waals surface area contributed by atoms with Gasteiger partial charge in [-0.05, 0) is 19.1 Å². The third kappa shape index (κ3) is 3.53. The van der Waals surface area contributed by atoms with Gasteiger partial charge in [0.1, 0.15) is 11.6 Å². The second-order valence-corrected chi connectivity index (χ2v) is 4.29. The molecule has 0 aliphatic heterocycles. The SMILES string of the molecule is CCNC(=O)c1ccc(NCCc2nccn2C)nn1. The molecule has 0 fully saturated rings. The van der Waals surface area contributed by atoms with Crippen molar-refractivity contribution in [1.29, 1.82) is 0 Å². The van der Waals surface area contributed by atoms with Gasteiger partial charge in [0, 0.05) is 39.0 Å². The van der Waals surface area contributed by atoms with E-state index in [1.165, 1.54) is 0 Å². The zero-order valence-corrected chi connectivity index (χ0v) is 11.6. The molecule has 7 heteroatoms. The molecule has 0 aliphatic rings. The molecule has 2 rings (SSSR count). The van der Waals surface area contributed by atoms with Crippen molar-refractivity contribution in [2.75, 3.05) is 18.4 Å². The van der Waals surface area contributed by atoms with Crippen molar-refractivity contribution in [3.63, 3.8) is 0 Å². The van der Waals surface area contributed by atoms with Gasteiger partial charge in [0.15, 0.2) is 5.69 Å². The molecule has 7 nitrogen and oxygen atoms in total. The number of rotatable bonds is 6. The maximum Gasteiger partial charge on any atom is 0.271 e. The number of hydrogen-bond donors (Lipinski definition) is 2. The van der Waals surface area contributed by atoms with Crippen LogP contribution in [-0.2, 0) is 13.5 Å². The van der Waals surface area contributed by atoms with Gasteiger partial charge in [0.25, 0.3) is 5.91 Å². The largest absolute Gasteiger partial charge is 0.368 e. The molecular formula is C13H18N6O. The van der Waals surface area contributed by atoms with E-state index in [2.05, 4.69) is 25.8 Å². The summed E-state index contributed by atoms with van der Waals surface area (Å²) in [4.78, 5) is 15.8. The first kappa shape index (κ1) is 14.0. The molecule has 1 amide bonds. The number of nitrogens with one attached hydrogen (secondary N) is 2. The Hall–Kier alpha value is -2.44. The highest BCUT2D eigenvalue weighted by Crippen LogP contribution is 2.03. The maximum absolute atomic E-state index is 11.5. The van der Waals surface area contributed by atoms with Crippen LogP contribution in [0.3, 0.4) is 0 Å². The van der Waals surface area contributed by atoms with E-state index in [4.69, 9.17) is 0 Å². The van der Waals surface area contributed by atoms with E-state index in [1.807, 2.05) is 24.7 Å². The molecule has 0 radical (unpaired) electrons. The Labute approximate surface area is 117 Å². The van der Waals surface area contributed by atoms with Crippen LogP contribution in [0.4, 0.5) is 5.82 Å². The van der Waals surface area contributed by atoms with Gasteiger partial charge < -0.3 is 15.2 Å². The average Bonchev–Trinajstić information content (AvgIpc) is 2.85. The van der Waals surface area contributed by atoms with Gasteiger partial charge in [0.2, 0.25) is 0 Å². The van der Waals surface area contributed by atoms with Crippen LogP contribution in [0.2, 0.25) is 0 Å². The van der Waals surface area contributed by atoms with Crippen LogP contribution in [0.5, 0.6) is 0 Å². The number of aromatic nitrogens is 4. The summed E-state index contributed by atoms with van der Waals surface area (Å²) in [6.45, 7) is 3.14. The van der Waals surface area contributed by atoms with Crippen molar-refractivity contribution in [2.24, 2.45) is 7.05 Å². The third-order valence-electron chi connectivity index (χ3n) is 2.81. The lowest BCUT2D eigenvalue weighted by Gasteiger charge is -2.06. The zero-order chi connectivity index (χ0) is 14.4. The van der Waals surface area contributed by atoms with Crippen LogP contribution in [0.1, 0.15) is 23.2 Å². The Morgan fingerprint density at radius 3 is 2.80 bits per heavy atom. The molecule has 0 aromatic carbocycles. The van der Waals surface area contributed by atoms with E-state index in [0.717, 1.165) is 12.2 Å². The first-order chi connectivity index (χ1) is 9.70. The Balaban J connectivity index is 1.85. The second-order valence-electron chi connectivity index (χ2n) is 4.29. The molecule has 2 aromatic rings. The summed E-state index contributed by atoms with van der Waals surface area (Å²) in [5, 5.41) is 13.7. The number of nitrogens with zero attached hydrogens (tertiary/aromatic N) is 4. The van der Waals surface area contributed by atoms with Crippen molar-refractivity contribution in [2.45, 2.75) is 13.3 Å². The number of hydrogen-bond acceptors (Lipinski definition) is 5. The van der Waals surface area contributed by atoms with E-state index in [9.17, 15) is 4.79 Å². The van der Waals surface area contributed by atoms with Crippen LogP contribution in [0, 0.1) is 0 Å². The van der Waals surface area contributed by atoms with Gasteiger partial charge in [-0.2, -0.15) is 0 Å². The standard InChI is InChI=1S/C13H18N6O/c1-3-14-13(20)10-4-5-11(18-17-10)15-7-6-12-16-8-9-19(12)2/h4-5,8-9H,3,6-7H2,1-2H3,(H,14,20)(H,15,18). The van der Waals surface area contributed by atoms with Gasteiger partial charge in [-0.1, -0.05) is 0 Å². The molecule has 0 spiro atoms. The Morgan fingerprint density at radius 2 is 2.20 bits per heavy atom. The highest BCUT2D eigenvalue weighted by Gasteiger charge is 2.06. The molecule has 0 aliphatic carbocycles. The number of carbonyl (C=O) groups excluding carboxylic acids is 1. The summed E-state index contributed by atoms with van der Waals surface area (Å²) < 4.78 is 1.98. The quantitative estimate of drug-likeness (QED) is 0.806. The minimum atomic E-state index is -0.209. The van der Waals surface area contributed by atoms with Gasteiger partial charge in [-0.15, -0.1) is 10.2 Å². The smallest absolute Gasteiger partial charge is 0.271 e. The third-order valence-corrected chi connectivity index (χ3v) is 2.81. The van der Waals surface area contributed by atoms with Gasteiger partial charge in [-0.3, -0.25) is 4.79 Å². The maximum atomic E-state index is 11.5. The van der Waals surface area contributed by atoms with Crippen molar-refractivity contribution < 1.29 is 4.79 Å². The highest BCUT2D eigenvalue weighted by atomic mass is 16.1. The van der Waals surface area contributed by atoms with E-state index in [1.54, 1.807) is 18.3 Å². The molecule has 20 heavy (non-hydrogen) atoms. The number of anilines is 1. The normalized spacial score (nSPS) is 10.3. The summed E-state index contributed by atoms with van der Waals surface area (Å²) in [5.74, 6) is 1.44. The van der Waals surface area contributed by atoms with Crippen LogP contribution in [0.15, 0.2) is 24.5 Å². The molecule has 0 bridgehead atoms. The van der Waals surface area contributed by atoms with Crippen molar-refractivity contribution in [3.05, 3.63) is 36.0 Å². The van der Waals surface area contributed by atoms with Crippen molar-refractivity contribution >= 4 is 11.7 Å². The molecule has 2 heterocycles. The van der Waals surface area contributed by atoms with Crippen LogP contribution in [0.25, 0.3) is 0 Å². The van der Waals surface area contributed by atoms with Crippen LogP contribution >= 0.6 is 0 Å². The molecular weight excluding hydrogens is 256 g/mol. The number of aryl methyl sites for hydroxylation is 1. The molecule has 0 saturated carbocycles. The molecule has 0 atom stereocenters. The number of amides is 1. The van der Waals surface area contributed by atoms with Crippen molar-refractivity contribution in [1.82, 2.24) is 25.1 Å². The first-order valence-corrected chi connectivity index (χ1v) is 6.52. The topological polar surface area (TPSA) is 84.7 Å². The lowest BCUT2D eigenvalue weighted by Crippen LogP contribution is -2.24. The van der Waals surface area contributed by atoms with Crippen molar-refractivity contribution in [3.8, 4) is 0 Å². The fourth-order valence-corrected chi connectivity index (χ4v) is 1.74. The fourth-order valence-electron chi connectivity index (χ4n) is 1.74. The van der Waals surface area contributed by atoms with Crippen LogP contribution < -0.4 is 10.6 Å². The van der Waals surface area contributed by atoms with Crippen LogP contribution in [-0.4, -0.2) is 38.7 Å². The minimum Gasteiger partial charge on any atom is -0.368 e. The van der Waals surface area contributed by atoms with E-state index in [-0.39, 0.29) is 5.91 Å². The summed E-state index contributed by atoms with van der Waals surface area (Å²) >= 11 is 0. The minimum absolute atomic E-state index is 0.209. The lowest BCUT2D eigenvalue weighted by molar-refractivity contribution is 0.0950. The predicted molar refractivity (Wildman–Crippen MR) is 75.4 cm³/mol. The average molecular weight is 274 g/mol. The van der Waals surface area contributed by atoms with Gasteiger partial charge >= 0.3 is 0 Å². The summed E-state index contributed by atoms with van der Waals surface area (Å²) in [5.41, 5.74) is 0.321. The molecule has 106 valence electrons. The fraction of sp³-hybridized carbons (Fsp3) is 0.385. The first-order valence-electron chi connectivity index (χ1n) is 6.52. The van der Waals surface area contributed by atoms with Gasteiger partial charge in [-0.25, -0.2) is 4.98 Å². The summed E-state index contributed by atoms with van der Waals surface area (Å²) in [6, 6.07) is 3.40. The number of carbonyl (C=O) groups is 1. The molecule has 0 unspecified atom stereocenters. The van der Waals surface area contributed by atoms with E-state index >= 15 is 0 Å². The Kier molecular flexibility index (Phi) is 4.65. The lowest BCUT2D eigenvalue weighted by atomic mass is 10.3. The number of imidazole rings is 1. The monoisotopic (exact) mass is 274 g/mol. The van der Waals surface area contributed by atoms with Gasteiger partial charge in [0.05, 0.1) is 0 Å². The molecule has 2 N–H and O–H groups in total. The molecule has 2 aromatic heterocycles. The second kappa shape index (κ2) is 6.65.